The molecule has 1 aliphatic rings. The Morgan fingerprint density at radius 3 is 2.46 bits per heavy atom. The highest BCUT2D eigenvalue weighted by Crippen LogP contribution is 2.23. The Labute approximate surface area is 155 Å². The predicted octanol–water partition coefficient (Wildman–Crippen LogP) is 2.59. The van der Waals surface area contributed by atoms with Crippen LogP contribution in [0.25, 0.3) is 0 Å². The number of hydrogen-bond donors (Lipinski definition) is 2. The van der Waals surface area contributed by atoms with E-state index < -0.39 is 0 Å². The Balaban J connectivity index is 1.88. The van der Waals surface area contributed by atoms with E-state index in [1.54, 1.807) is 17.0 Å². The zero-order valence-corrected chi connectivity index (χ0v) is 15.5. The molecule has 144 valence electrons. The van der Waals surface area contributed by atoms with Crippen molar-refractivity contribution in [1.29, 1.82) is 0 Å². The van der Waals surface area contributed by atoms with Gasteiger partial charge in [-0.2, -0.15) is 0 Å². The smallest absolute Gasteiger partial charge is 0.239 e. The van der Waals surface area contributed by atoms with Crippen LogP contribution in [0.15, 0.2) is 24.3 Å². The second kappa shape index (κ2) is 10.3. The van der Waals surface area contributed by atoms with Gasteiger partial charge in [0.25, 0.3) is 0 Å². The molecule has 0 radical (unpaired) electrons. The average Bonchev–Trinajstić information content (AvgIpc) is 2.62. The molecular formula is C20H30FN3O2. The van der Waals surface area contributed by atoms with Gasteiger partial charge >= 0.3 is 0 Å². The SMILES string of the molecule is CCN(CC(=O)NCc1ccc(F)cc1)C(=O)C1CCCCCCC1N. The largest absolute Gasteiger partial charge is 0.350 e. The van der Waals surface area contributed by atoms with Gasteiger partial charge in [-0.1, -0.05) is 37.8 Å². The van der Waals surface area contributed by atoms with E-state index in [0.29, 0.717) is 13.1 Å². The molecule has 0 bridgehead atoms. The van der Waals surface area contributed by atoms with Crippen LogP contribution >= 0.6 is 0 Å². The highest BCUT2D eigenvalue weighted by atomic mass is 19.1. The molecule has 1 aromatic rings. The fourth-order valence-electron chi connectivity index (χ4n) is 3.43. The molecule has 2 amide bonds. The van der Waals surface area contributed by atoms with Crippen LogP contribution in [0.3, 0.4) is 0 Å². The van der Waals surface area contributed by atoms with E-state index in [-0.39, 0.29) is 36.1 Å². The number of likely N-dealkylation sites (N-methyl/N-ethyl adjacent to an activating group) is 1. The van der Waals surface area contributed by atoms with Crippen molar-refractivity contribution in [2.24, 2.45) is 11.7 Å². The van der Waals surface area contributed by atoms with Crippen molar-refractivity contribution < 1.29 is 14.0 Å². The van der Waals surface area contributed by atoms with Crippen LogP contribution in [0.2, 0.25) is 0 Å². The van der Waals surface area contributed by atoms with Gasteiger partial charge in [-0.05, 0) is 37.5 Å². The lowest BCUT2D eigenvalue weighted by Crippen LogP contribution is -2.47. The van der Waals surface area contributed by atoms with Gasteiger partial charge in [0.1, 0.15) is 5.82 Å². The van der Waals surface area contributed by atoms with Crippen molar-refractivity contribution in [3.8, 4) is 0 Å². The summed E-state index contributed by atoms with van der Waals surface area (Å²) in [5.74, 6) is -0.735. The molecule has 1 aliphatic carbocycles. The van der Waals surface area contributed by atoms with Crippen LogP contribution in [0.5, 0.6) is 0 Å². The van der Waals surface area contributed by atoms with Gasteiger partial charge < -0.3 is 16.0 Å². The summed E-state index contributed by atoms with van der Waals surface area (Å²) in [5.41, 5.74) is 7.06. The normalized spacial score (nSPS) is 20.7. The molecule has 1 fully saturated rings. The minimum atomic E-state index is -0.307. The number of carbonyl (C=O) groups is 2. The zero-order valence-electron chi connectivity index (χ0n) is 15.5. The van der Waals surface area contributed by atoms with Gasteiger partial charge in [0, 0.05) is 19.1 Å². The third kappa shape index (κ3) is 6.09. The molecule has 0 heterocycles. The summed E-state index contributed by atoms with van der Waals surface area (Å²) >= 11 is 0. The van der Waals surface area contributed by atoms with E-state index in [9.17, 15) is 14.0 Å². The number of nitrogens with one attached hydrogen (secondary N) is 1. The predicted molar refractivity (Wildman–Crippen MR) is 99.7 cm³/mol. The van der Waals surface area contributed by atoms with Crippen molar-refractivity contribution in [1.82, 2.24) is 10.2 Å². The fraction of sp³-hybridized carbons (Fsp3) is 0.600. The number of rotatable bonds is 6. The van der Waals surface area contributed by atoms with E-state index in [0.717, 1.165) is 37.7 Å². The van der Waals surface area contributed by atoms with Crippen molar-refractivity contribution in [3.05, 3.63) is 35.6 Å². The van der Waals surface area contributed by atoms with Crippen LogP contribution in [-0.4, -0.2) is 35.8 Å². The number of halogens is 1. The topological polar surface area (TPSA) is 75.4 Å². The summed E-state index contributed by atoms with van der Waals surface area (Å²) < 4.78 is 12.9. The molecule has 0 aromatic heterocycles. The standard InChI is InChI=1S/C20H30FN3O2/c1-2-24(20(26)17-7-5-3-4-6-8-18(17)22)14-19(25)23-13-15-9-11-16(21)12-10-15/h9-12,17-18H,2-8,13-14,22H2,1H3,(H,23,25). The molecule has 1 saturated carbocycles. The average molecular weight is 363 g/mol. The van der Waals surface area contributed by atoms with Crippen molar-refractivity contribution in [2.45, 2.75) is 58.0 Å². The summed E-state index contributed by atoms with van der Waals surface area (Å²) in [7, 11) is 0. The second-order valence-electron chi connectivity index (χ2n) is 7.02. The molecule has 0 saturated heterocycles. The number of carbonyl (C=O) groups excluding carboxylic acids is 2. The summed E-state index contributed by atoms with van der Waals surface area (Å²) in [6.45, 7) is 2.69. The molecular weight excluding hydrogens is 333 g/mol. The van der Waals surface area contributed by atoms with Gasteiger partial charge in [0.2, 0.25) is 11.8 Å². The summed E-state index contributed by atoms with van der Waals surface area (Å²) in [6.07, 6.45) is 6.06. The molecule has 3 N–H and O–H groups in total. The van der Waals surface area contributed by atoms with Crippen LogP contribution in [0, 0.1) is 11.7 Å². The molecule has 1 aromatic carbocycles. The fourth-order valence-corrected chi connectivity index (χ4v) is 3.43. The molecule has 6 heteroatoms. The molecule has 2 unspecified atom stereocenters. The molecule has 5 nitrogen and oxygen atoms in total. The highest BCUT2D eigenvalue weighted by Gasteiger charge is 2.30. The van der Waals surface area contributed by atoms with Crippen LogP contribution < -0.4 is 11.1 Å². The van der Waals surface area contributed by atoms with Crippen molar-refractivity contribution in [3.63, 3.8) is 0 Å². The number of nitrogens with two attached hydrogens (primary N) is 1. The van der Waals surface area contributed by atoms with E-state index >= 15 is 0 Å². The Hall–Kier alpha value is -1.95. The Morgan fingerprint density at radius 2 is 1.81 bits per heavy atom. The maximum Gasteiger partial charge on any atom is 0.239 e. The minimum absolute atomic E-state index is 0.0150. The molecule has 2 atom stereocenters. The van der Waals surface area contributed by atoms with E-state index in [1.165, 1.54) is 18.6 Å². The van der Waals surface area contributed by atoms with Crippen LogP contribution in [0.1, 0.15) is 51.0 Å². The monoisotopic (exact) mass is 363 g/mol. The lowest BCUT2D eigenvalue weighted by Gasteiger charge is -2.30. The maximum absolute atomic E-state index is 12.9. The second-order valence-corrected chi connectivity index (χ2v) is 7.02. The number of hydrogen-bond acceptors (Lipinski definition) is 3. The number of amides is 2. The maximum atomic E-state index is 12.9. The third-order valence-electron chi connectivity index (χ3n) is 5.07. The first-order valence-electron chi connectivity index (χ1n) is 9.56. The van der Waals surface area contributed by atoms with Gasteiger partial charge in [0.15, 0.2) is 0 Å². The lowest BCUT2D eigenvalue weighted by molar-refractivity contribution is -0.140. The Morgan fingerprint density at radius 1 is 1.15 bits per heavy atom. The molecule has 0 aliphatic heterocycles. The lowest BCUT2D eigenvalue weighted by atomic mass is 9.86. The Bertz CT molecular complexity index is 591. The summed E-state index contributed by atoms with van der Waals surface area (Å²) in [6, 6.07) is 5.86. The van der Waals surface area contributed by atoms with E-state index in [1.807, 2.05) is 6.92 Å². The van der Waals surface area contributed by atoms with E-state index in [2.05, 4.69) is 5.32 Å². The van der Waals surface area contributed by atoms with Gasteiger partial charge in [0.05, 0.1) is 12.5 Å². The number of nitrogens with zero attached hydrogens (tertiary/aromatic N) is 1. The van der Waals surface area contributed by atoms with Crippen LogP contribution in [-0.2, 0) is 16.1 Å². The quantitative estimate of drug-likeness (QED) is 0.816. The van der Waals surface area contributed by atoms with Gasteiger partial charge in [-0.3, -0.25) is 9.59 Å². The minimum Gasteiger partial charge on any atom is -0.350 e. The third-order valence-corrected chi connectivity index (χ3v) is 5.07. The first-order valence-corrected chi connectivity index (χ1v) is 9.56. The zero-order chi connectivity index (χ0) is 18.9. The highest BCUT2D eigenvalue weighted by molar-refractivity contribution is 5.86. The van der Waals surface area contributed by atoms with Crippen molar-refractivity contribution in [2.75, 3.05) is 13.1 Å². The van der Waals surface area contributed by atoms with Crippen molar-refractivity contribution >= 4 is 11.8 Å². The first kappa shape index (κ1) is 20.4. The molecule has 0 spiro atoms. The summed E-state index contributed by atoms with van der Waals surface area (Å²) in [4.78, 5) is 26.7. The summed E-state index contributed by atoms with van der Waals surface area (Å²) in [5, 5.41) is 2.79. The molecule has 26 heavy (non-hydrogen) atoms. The van der Waals surface area contributed by atoms with Gasteiger partial charge in [-0.25, -0.2) is 4.39 Å². The van der Waals surface area contributed by atoms with Crippen LogP contribution in [0.4, 0.5) is 4.39 Å². The Kier molecular flexibility index (Phi) is 8.04. The van der Waals surface area contributed by atoms with E-state index in [4.69, 9.17) is 5.73 Å². The molecule has 2 rings (SSSR count). The number of benzene rings is 1. The van der Waals surface area contributed by atoms with Gasteiger partial charge in [-0.15, -0.1) is 0 Å². The first-order chi connectivity index (χ1) is 12.5.